The number of nitrogens with zero attached hydrogens (tertiary/aromatic N) is 1. The first-order chi connectivity index (χ1) is 9.04. The number of hydrogen-bond acceptors (Lipinski definition) is 3. The number of rotatable bonds is 3. The highest BCUT2D eigenvalue weighted by Gasteiger charge is 2.07. The van der Waals surface area contributed by atoms with Gasteiger partial charge in [-0.15, -0.1) is 0 Å². The van der Waals surface area contributed by atoms with E-state index in [0.29, 0.717) is 5.69 Å². The van der Waals surface area contributed by atoms with Crippen molar-refractivity contribution >= 4 is 27.5 Å². The van der Waals surface area contributed by atoms with E-state index >= 15 is 0 Å². The maximum Gasteiger partial charge on any atom is 0.228 e. The van der Waals surface area contributed by atoms with Crippen LogP contribution >= 0.6 is 15.9 Å². The van der Waals surface area contributed by atoms with Gasteiger partial charge in [0.05, 0.1) is 17.8 Å². The molecule has 1 amide bonds. The van der Waals surface area contributed by atoms with E-state index in [4.69, 9.17) is 0 Å². The summed E-state index contributed by atoms with van der Waals surface area (Å²) in [5.74, 6) is 0.0182. The third-order valence-corrected chi connectivity index (χ3v) is 3.04. The first-order valence-corrected chi connectivity index (χ1v) is 6.55. The Balaban J connectivity index is 2.05. The molecule has 2 aromatic rings. The summed E-state index contributed by atoms with van der Waals surface area (Å²) in [6.45, 7) is 1.83. The van der Waals surface area contributed by atoms with Gasteiger partial charge < -0.3 is 10.4 Å². The monoisotopic (exact) mass is 320 g/mol. The summed E-state index contributed by atoms with van der Waals surface area (Å²) in [6.07, 6.45) is 0.212. The van der Waals surface area contributed by atoms with Crippen molar-refractivity contribution in [2.75, 3.05) is 5.32 Å². The van der Waals surface area contributed by atoms with Crippen LogP contribution in [-0.4, -0.2) is 16.0 Å². The molecule has 0 aliphatic rings. The SMILES string of the molecule is Cc1nc(Br)ccc1NC(=O)Cc1cccc(O)c1. The fourth-order valence-corrected chi connectivity index (χ4v) is 2.11. The first-order valence-electron chi connectivity index (χ1n) is 5.75. The molecule has 0 aliphatic heterocycles. The fraction of sp³-hybridized carbons (Fsp3) is 0.143. The Labute approximate surface area is 119 Å². The lowest BCUT2D eigenvalue weighted by Gasteiger charge is -2.08. The number of aromatic nitrogens is 1. The van der Waals surface area contributed by atoms with Crippen molar-refractivity contribution < 1.29 is 9.90 Å². The molecule has 0 fully saturated rings. The Bertz CT molecular complexity index is 614. The number of anilines is 1. The van der Waals surface area contributed by atoms with E-state index < -0.39 is 0 Å². The number of aryl methyl sites for hydroxylation is 1. The minimum absolute atomic E-state index is 0.141. The topological polar surface area (TPSA) is 62.2 Å². The van der Waals surface area contributed by atoms with Crippen LogP contribution in [0.3, 0.4) is 0 Å². The van der Waals surface area contributed by atoms with Crippen molar-refractivity contribution in [1.82, 2.24) is 4.98 Å². The minimum atomic E-state index is -0.141. The molecule has 0 aliphatic carbocycles. The van der Waals surface area contributed by atoms with E-state index in [1.165, 1.54) is 0 Å². The van der Waals surface area contributed by atoms with Gasteiger partial charge >= 0.3 is 0 Å². The molecule has 19 heavy (non-hydrogen) atoms. The van der Waals surface area contributed by atoms with E-state index in [2.05, 4.69) is 26.2 Å². The second-order valence-corrected chi connectivity index (χ2v) is 4.97. The zero-order valence-corrected chi connectivity index (χ0v) is 11.9. The standard InChI is InChI=1S/C14H13BrN2O2/c1-9-12(5-6-13(15)16-9)17-14(19)8-10-3-2-4-11(18)7-10/h2-7,18H,8H2,1H3,(H,17,19). The molecule has 98 valence electrons. The number of amides is 1. The molecule has 0 saturated carbocycles. The predicted octanol–water partition coefficient (Wildman–Crippen LogP) is 3.04. The van der Waals surface area contributed by atoms with Crippen molar-refractivity contribution in [3.8, 4) is 5.75 Å². The molecule has 0 spiro atoms. The molecular formula is C14H13BrN2O2. The van der Waals surface area contributed by atoms with Gasteiger partial charge in [0.1, 0.15) is 10.4 Å². The molecule has 4 nitrogen and oxygen atoms in total. The zero-order valence-electron chi connectivity index (χ0n) is 10.4. The molecule has 0 atom stereocenters. The number of nitrogens with one attached hydrogen (secondary N) is 1. The van der Waals surface area contributed by atoms with Crippen LogP contribution < -0.4 is 5.32 Å². The number of aromatic hydroxyl groups is 1. The van der Waals surface area contributed by atoms with Crippen LogP contribution in [0.25, 0.3) is 0 Å². The predicted molar refractivity (Wildman–Crippen MR) is 77.1 cm³/mol. The molecule has 0 saturated heterocycles. The van der Waals surface area contributed by atoms with Gasteiger partial charge in [0.25, 0.3) is 0 Å². The smallest absolute Gasteiger partial charge is 0.228 e. The average molecular weight is 321 g/mol. The van der Waals surface area contributed by atoms with Gasteiger partial charge in [-0.3, -0.25) is 4.79 Å². The van der Waals surface area contributed by atoms with Gasteiger partial charge in [0.15, 0.2) is 0 Å². The zero-order chi connectivity index (χ0) is 13.8. The Kier molecular flexibility index (Phi) is 4.16. The number of halogens is 1. The molecule has 0 radical (unpaired) electrons. The van der Waals surface area contributed by atoms with Crippen LogP contribution in [0.15, 0.2) is 41.0 Å². The Morgan fingerprint density at radius 1 is 1.37 bits per heavy atom. The van der Waals surface area contributed by atoms with E-state index in [1.807, 2.05) is 6.92 Å². The van der Waals surface area contributed by atoms with E-state index in [-0.39, 0.29) is 18.1 Å². The van der Waals surface area contributed by atoms with Crippen molar-refractivity contribution in [1.29, 1.82) is 0 Å². The van der Waals surface area contributed by atoms with E-state index in [9.17, 15) is 9.90 Å². The highest BCUT2D eigenvalue weighted by atomic mass is 79.9. The maximum atomic E-state index is 11.9. The van der Waals surface area contributed by atoms with Gasteiger partial charge in [-0.2, -0.15) is 0 Å². The lowest BCUT2D eigenvalue weighted by atomic mass is 10.1. The largest absolute Gasteiger partial charge is 0.508 e. The first kappa shape index (κ1) is 13.5. The number of carbonyl (C=O) groups is 1. The summed E-state index contributed by atoms with van der Waals surface area (Å²) in [4.78, 5) is 16.1. The average Bonchev–Trinajstić information content (AvgIpc) is 2.33. The molecule has 1 aromatic carbocycles. The number of benzene rings is 1. The van der Waals surface area contributed by atoms with Crippen molar-refractivity contribution in [3.05, 3.63) is 52.3 Å². The number of hydrogen-bond donors (Lipinski definition) is 2. The van der Waals surface area contributed by atoms with Crippen LogP contribution in [0.2, 0.25) is 0 Å². The lowest BCUT2D eigenvalue weighted by Crippen LogP contribution is -2.15. The summed E-state index contributed by atoms with van der Waals surface area (Å²) in [6, 6.07) is 10.2. The highest BCUT2D eigenvalue weighted by Crippen LogP contribution is 2.17. The Hall–Kier alpha value is -1.88. The van der Waals surface area contributed by atoms with Crippen molar-refractivity contribution in [2.24, 2.45) is 0 Å². The third-order valence-electron chi connectivity index (χ3n) is 2.60. The van der Waals surface area contributed by atoms with Crippen LogP contribution in [0.1, 0.15) is 11.3 Å². The molecule has 0 unspecified atom stereocenters. The second kappa shape index (κ2) is 5.84. The fourth-order valence-electron chi connectivity index (χ4n) is 1.71. The summed E-state index contributed by atoms with van der Waals surface area (Å²) in [7, 11) is 0. The Morgan fingerprint density at radius 3 is 2.84 bits per heavy atom. The van der Waals surface area contributed by atoms with E-state index in [1.54, 1.807) is 36.4 Å². The van der Waals surface area contributed by atoms with Crippen LogP contribution in [0.4, 0.5) is 5.69 Å². The number of phenolic OH excluding ortho intramolecular Hbond substituents is 1. The van der Waals surface area contributed by atoms with Gasteiger partial charge in [0.2, 0.25) is 5.91 Å². The quantitative estimate of drug-likeness (QED) is 0.854. The van der Waals surface area contributed by atoms with Gasteiger partial charge in [-0.05, 0) is 52.7 Å². The van der Waals surface area contributed by atoms with Crippen LogP contribution in [0.5, 0.6) is 5.75 Å². The lowest BCUT2D eigenvalue weighted by molar-refractivity contribution is -0.115. The molecule has 0 bridgehead atoms. The third kappa shape index (κ3) is 3.79. The summed E-state index contributed by atoms with van der Waals surface area (Å²) >= 11 is 3.27. The number of phenols is 1. The van der Waals surface area contributed by atoms with Gasteiger partial charge in [-0.25, -0.2) is 4.98 Å². The molecular weight excluding hydrogens is 308 g/mol. The molecule has 5 heteroatoms. The number of pyridine rings is 1. The molecule has 1 aromatic heterocycles. The number of carbonyl (C=O) groups excluding carboxylic acids is 1. The van der Waals surface area contributed by atoms with E-state index in [0.717, 1.165) is 15.9 Å². The highest BCUT2D eigenvalue weighted by molar-refractivity contribution is 9.10. The van der Waals surface area contributed by atoms with Crippen molar-refractivity contribution in [3.63, 3.8) is 0 Å². The summed E-state index contributed by atoms with van der Waals surface area (Å²) in [5.41, 5.74) is 2.20. The van der Waals surface area contributed by atoms with Crippen molar-refractivity contribution in [2.45, 2.75) is 13.3 Å². The molecule has 2 N–H and O–H groups in total. The van der Waals surface area contributed by atoms with Crippen LogP contribution in [0, 0.1) is 6.92 Å². The van der Waals surface area contributed by atoms with Gasteiger partial charge in [-0.1, -0.05) is 12.1 Å². The minimum Gasteiger partial charge on any atom is -0.508 e. The van der Waals surface area contributed by atoms with Gasteiger partial charge in [0, 0.05) is 0 Å². The van der Waals surface area contributed by atoms with Crippen LogP contribution in [-0.2, 0) is 11.2 Å². The maximum absolute atomic E-state index is 11.9. The molecule has 2 rings (SSSR count). The summed E-state index contributed by atoms with van der Waals surface area (Å²) < 4.78 is 0.732. The Morgan fingerprint density at radius 2 is 2.16 bits per heavy atom. The normalized spacial score (nSPS) is 10.2. The summed E-state index contributed by atoms with van der Waals surface area (Å²) in [5, 5.41) is 12.1. The molecule has 1 heterocycles. The second-order valence-electron chi connectivity index (χ2n) is 4.16.